The molecule has 3 aliphatic rings. The Hall–Kier alpha value is -2.99. The van der Waals surface area contributed by atoms with Gasteiger partial charge >= 0.3 is 0 Å². The number of ether oxygens (including phenoxy) is 2. The van der Waals surface area contributed by atoms with Gasteiger partial charge in [0.25, 0.3) is 0 Å². The van der Waals surface area contributed by atoms with Crippen LogP contribution in [0.1, 0.15) is 168 Å². The number of fused-ring (bicyclic) bond motifs is 1. The number of hydrogen-bond acceptors (Lipinski definition) is 9. The summed E-state index contributed by atoms with van der Waals surface area (Å²) in [6.07, 6.45) is 32.4. The number of anilines is 1. The monoisotopic (exact) mass is 920 g/mol. The van der Waals surface area contributed by atoms with Gasteiger partial charge in [0.2, 0.25) is 9.84 Å². The van der Waals surface area contributed by atoms with Gasteiger partial charge in [0.15, 0.2) is 0 Å². The molecule has 4 heterocycles. The van der Waals surface area contributed by atoms with Crippen molar-refractivity contribution in [3.63, 3.8) is 0 Å². The van der Waals surface area contributed by atoms with Crippen molar-refractivity contribution in [3.05, 3.63) is 48.4 Å². The predicted octanol–water partition coefficient (Wildman–Crippen LogP) is 12.5. The lowest BCUT2D eigenvalue weighted by molar-refractivity contribution is 0.0384. The highest BCUT2D eigenvalue weighted by Crippen LogP contribution is 2.40. The van der Waals surface area contributed by atoms with Crippen LogP contribution in [0.5, 0.6) is 11.5 Å². The summed E-state index contributed by atoms with van der Waals surface area (Å²) in [6, 6.07) is 10.9. The zero-order valence-electron chi connectivity index (χ0n) is 40.9. The smallest absolute Gasteiger partial charge is 0.213 e. The fourth-order valence-electron chi connectivity index (χ4n) is 10.8. The second-order valence-electron chi connectivity index (χ2n) is 19.5. The second kappa shape index (κ2) is 27.7. The summed E-state index contributed by atoms with van der Waals surface area (Å²) in [7, 11) is -2.68. The first-order valence-corrected chi connectivity index (χ1v) is 27.9. The number of likely N-dealkylation sites (tertiary alicyclic amines) is 1. The van der Waals surface area contributed by atoms with Gasteiger partial charge in [-0.05, 0) is 82.1 Å². The van der Waals surface area contributed by atoms with E-state index in [1.165, 1.54) is 160 Å². The van der Waals surface area contributed by atoms with Gasteiger partial charge in [0.05, 0.1) is 24.9 Å². The Kier molecular flexibility index (Phi) is 21.9. The van der Waals surface area contributed by atoms with E-state index < -0.39 is 15.7 Å². The number of piperazine rings is 1. The molecular weight excluding hydrogens is 834 g/mol. The molecule has 6 rings (SSSR count). The van der Waals surface area contributed by atoms with Crippen molar-refractivity contribution in [2.45, 2.75) is 190 Å². The maximum Gasteiger partial charge on any atom is 0.213 e. The summed E-state index contributed by atoms with van der Waals surface area (Å²) in [4.78, 5) is 14.4. The third-order valence-electron chi connectivity index (χ3n) is 14.9. The topological polar surface area (TPSA) is 78.4 Å². The van der Waals surface area contributed by atoms with E-state index in [9.17, 15) is 8.42 Å². The quantitative estimate of drug-likeness (QED) is 0.0633. The minimum absolute atomic E-state index is 0.0244. The van der Waals surface area contributed by atoms with E-state index in [4.69, 9.17) is 9.47 Å². The van der Waals surface area contributed by atoms with Gasteiger partial charge in [0.1, 0.15) is 27.1 Å². The van der Waals surface area contributed by atoms with Crippen molar-refractivity contribution >= 4 is 26.4 Å². The molecule has 2 aromatic carbocycles. The molecule has 3 saturated heterocycles. The van der Waals surface area contributed by atoms with E-state index in [1.807, 2.05) is 18.2 Å². The molecular formula is C54H86FN5O4S. The number of sulfone groups is 1. The maximum absolute atomic E-state index is 15.9. The molecule has 3 aliphatic heterocycles. The van der Waals surface area contributed by atoms with Crippen molar-refractivity contribution in [1.82, 2.24) is 19.7 Å². The van der Waals surface area contributed by atoms with Gasteiger partial charge in [0, 0.05) is 69.0 Å². The average Bonchev–Trinajstić information content (AvgIpc) is 3.34. The molecule has 11 heteroatoms. The Morgan fingerprint density at radius 3 is 1.58 bits per heavy atom. The number of piperidine rings is 2. The molecule has 0 saturated carbocycles. The lowest BCUT2D eigenvalue weighted by Crippen LogP contribution is -2.56. The zero-order valence-corrected chi connectivity index (χ0v) is 41.7. The molecule has 0 bridgehead atoms. The normalized spacial score (nSPS) is 17.6. The lowest BCUT2D eigenvalue weighted by Gasteiger charge is -2.46. The van der Waals surface area contributed by atoms with E-state index >= 15 is 4.39 Å². The van der Waals surface area contributed by atoms with Gasteiger partial charge in [-0.3, -0.25) is 14.8 Å². The standard InChI is InChI=1S/C54H86FN5O4S/c1-4-6-7-8-9-10-11-12-13-14-15-16-17-18-19-20-21-22-23-24-41-64-48-26-28-52(50(55)43-48)65(61,62)53-44-56-51-27-25-47(63-3)42-49(51)54(53)60-35-31-46(32-36-60)59-39-37-58(38-40-59)45-29-33-57(5-2)34-30-45/h25-28,42-46H,4-24,29-41H2,1-3H3. The minimum Gasteiger partial charge on any atom is -0.497 e. The molecule has 0 radical (unpaired) electrons. The second-order valence-corrected chi connectivity index (χ2v) is 21.4. The van der Waals surface area contributed by atoms with Gasteiger partial charge in [-0.15, -0.1) is 0 Å². The van der Waals surface area contributed by atoms with E-state index in [0.717, 1.165) is 58.4 Å². The molecule has 1 aromatic heterocycles. The van der Waals surface area contributed by atoms with Crippen LogP contribution in [0, 0.1) is 5.82 Å². The fourth-order valence-corrected chi connectivity index (χ4v) is 12.3. The molecule has 65 heavy (non-hydrogen) atoms. The highest BCUT2D eigenvalue weighted by Gasteiger charge is 2.34. The number of hydrogen-bond donors (Lipinski definition) is 0. The molecule has 0 N–H and O–H groups in total. The third kappa shape index (κ3) is 15.5. The van der Waals surface area contributed by atoms with E-state index in [2.05, 4.69) is 38.4 Å². The summed E-state index contributed by atoms with van der Waals surface area (Å²) in [5.74, 6) is 0.165. The first-order chi connectivity index (χ1) is 31.8. The molecule has 3 fully saturated rings. The van der Waals surface area contributed by atoms with E-state index in [1.54, 1.807) is 13.2 Å². The molecule has 0 atom stereocenters. The molecule has 0 amide bonds. The fraction of sp³-hybridized carbons (Fsp3) is 0.722. The number of benzene rings is 2. The minimum atomic E-state index is -4.28. The largest absolute Gasteiger partial charge is 0.497 e. The van der Waals surface area contributed by atoms with Crippen molar-refractivity contribution in [1.29, 1.82) is 0 Å². The van der Waals surface area contributed by atoms with Gasteiger partial charge in [-0.25, -0.2) is 12.8 Å². The summed E-state index contributed by atoms with van der Waals surface area (Å²) in [6.45, 7) is 14.4. The Balaban J connectivity index is 0.924. The average molecular weight is 920 g/mol. The Morgan fingerprint density at radius 2 is 1.09 bits per heavy atom. The van der Waals surface area contributed by atoms with E-state index in [-0.39, 0.29) is 9.79 Å². The lowest BCUT2D eigenvalue weighted by atomic mass is 9.99. The first-order valence-electron chi connectivity index (χ1n) is 26.4. The predicted molar refractivity (Wildman–Crippen MR) is 267 cm³/mol. The van der Waals surface area contributed by atoms with Crippen molar-refractivity contribution < 1.29 is 22.3 Å². The van der Waals surface area contributed by atoms with Crippen molar-refractivity contribution in [3.8, 4) is 11.5 Å². The van der Waals surface area contributed by atoms with Crippen LogP contribution < -0.4 is 14.4 Å². The van der Waals surface area contributed by atoms with Crippen LogP contribution >= 0.6 is 0 Å². The van der Waals surface area contributed by atoms with Gasteiger partial charge in [-0.2, -0.15) is 0 Å². The maximum atomic E-state index is 15.9. The summed E-state index contributed by atoms with van der Waals surface area (Å²) < 4.78 is 56.4. The van der Waals surface area contributed by atoms with Crippen LogP contribution in [-0.4, -0.2) is 113 Å². The Labute approximate surface area is 394 Å². The first kappa shape index (κ1) is 51.4. The summed E-state index contributed by atoms with van der Waals surface area (Å²) >= 11 is 0. The van der Waals surface area contributed by atoms with E-state index in [0.29, 0.717) is 59.9 Å². The molecule has 9 nitrogen and oxygen atoms in total. The molecule has 0 aliphatic carbocycles. The van der Waals surface area contributed by atoms with Crippen LogP contribution in [-0.2, 0) is 9.84 Å². The SMILES string of the molecule is CCCCCCCCCCCCCCCCCCCCCCOc1ccc(S(=O)(=O)c2cnc3ccc(OC)cc3c2N2CCC(N3CCN(C4CCN(CC)CC4)CC3)CC2)c(F)c1. The highest BCUT2D eigenvalue weighted by atomic mass is 32.2. The molecule has 0 spiro atoms. The zero-order chi connectivity index (χ0) is 45.7. The summed E-state index contributed by atoms with van der Waals surface area (Å²) in [5, 5.41) is 0.696. The van der Waals surface area contributed by atoms with Crippen LogP contribution in [0.2, 0.25) is 0 Å². The number of aromatic nitrogens is 1. The van der Waals surface area contributed by atoms with Crippen LogP contribution in [0.15, 0.2) is 52.4 Å². The number of nitrogens with zero attached hydrogens (tertiary/aromatic N) is 5. The van der Waals surface area contributed by atoms with Gasteiger partial charge < -0.3 is 19.3 Å². The number of rotatable bonds is 29. The van der Waals surface area contributed by atoms with Crippen molar-refractivity contribution in [2.24, 2.45) is 0 Å². The number of pyridine rings is 1. The number of unbranched alkanes of at least 4 members (excludes halogenated alkanes) is 19. The third-order valence-corrected chi connectivity index (χ3v) is 16.7. The number of halogens is 1. The highest BCUT2D eigenvalue weighted by molar-refractivity contribution is 7.91. The van der Waals surface area contributed by atoms with Crippen LogP contribution in [0.25, 0.3) is 10.9 Å². The Bertz CT molecular complexity index is 1930. The molecule has 364 valence electrons. The Morgan fingerprint density at radius 1 is 0.600 bits per heavy atom. The van der Waals surface area contributed by atoms with Gasteiger partial charge in [-0.1, -0.05) is 136 Å². The number of methoxy groups -OCH3 is 1. The van der Waals surface area contributed by atoms with Crippen LogP contribution in [0.3, 0.4) is 0 Å². The van der Waals surface area contributed by atoms with Crippen molar-refractivity contribution in [2.75, 3.05) is 77.5 Å². The summed E-state index contributed by atoms with van der Waals surface area (Å²) in [5.41, 5.74) is 1.26. The van der Waals surface area contributed by atoms with Crippen LogP contribution in [0.4, 0.5) is 10.1 Å². The molecule has 3 aromatic rings. The molecule has 0 unspecified atom stereocenters.